The van der Waals surface area contributed by atoms with Crippen LogP contribution < -0.4 is 0 Å². The van der Waals surface area contributed by atoms with E-state index in [1.54, 1.807) is 12.1 Å². The minimum absolute atomic E-state index is 0.00812. The van der Waals surface area contributed by atoms with Gasteiger partial charge in [0.05, 0.1) is 10.6 Å². The maximum atomic E-state index is 13.1. The molecule has 4 rings (SSSR count). The van der Waals surface area contributed by atoms with E-state index in [0.29, 0.717) is 21.3 Å². The van der Waals surface area contributed by atoms with Crippen molar-refractivity contribution in [2.75, 3.05) is 0 Å². The predicted octanol–water partition coefficient (Wildman–Crippen LogP) is 6.79. The third kappa shape index (κ3) is 3.98. The Morgan fingerprint density at radius 1 is 0.968 bits per heavy atom. The van der Waals surface area contributed by atoms with Crippen LogP contribution in [0.5, 0.6) is 0 Å². The molecule has 0 aliphatic rings. The van der Waals surface area contributed by atoms with Crippen LogP contribution in [0.1, 0.15) is 11.1 Å². The maximum absolute atomic E-state index is 13.1. The Morgan fingerprint density at radius 2 is 1.58 bits per heavy atom. The van der Waals surface area contributed by atoms with Crippen molar-refractivity contribution in [1.29, 1.82) is 5.26 Å². The number of halogens is 2. The van der Waals surface area contributed by atoms with E-state index in [0.717, 1.165) is 22.0 Å². The van der Waals surface area contributed by atoms with E-state index < -0.39 is 9.84 Å². The van der Waals surface area contributed by atoms with Gasteiger partial charge >= 0.3 is 0 Å². The van der Waals surface area contributed by atoms with E-state index in [4.69, 9.17) is 23.2 Å². The third-order valence-corrected chi connectivity index (χ3v) is 7.20. The maximum Gasteiger partial charge on any atom is 0.216 e. The van der Waals surface area contributed by atoms with Crippen LogP contribution in [-0.4, -0.2) is 13.4 Å². The number of para-hydroxylation sites is 1. The normalized spacial score (nSPS) is 12.1. The zero-order valence-corrected chi connectivity index (χ0v) is 18.7. The standard InChI is InChI=1S/C24H16Cl2N2O2S/c1-15-3-2-4-21-22(24(28-23(15)21)16-5-7-17(25)8-6-16)13-20(14-27)31(29,30)19-11-9-18(26)10-12-19/h2-13,28H,1H3/b20-13-. The van der Waals surface area contributed by atoms with Gasteiger partial charge in [-0.25, -0.2) is 8.42 Å². The van der Waals surface area contributed by atoms with Gasteiger partial charge in [-0.3, -0.25) is 0 Å². The van der Waals surface area contributed by atoms with Crippen LogP contribution >= 0.6 is 23.2 Å². The first-order valence-corrected chi connectivity index (χ1v) is 11.5. The zero-order valence-electron chi connectivity index (χ0n) is 16.4. The lowest BCUT2D eigenvalue weighted by molar-refractivity contribution is 0.603. The van der Waals surface area contributed by atoms with Crippen LogP contribution in [-0.2, 0) is 9.84 Å². The number of hydrogen-bond acceptors (Lipinski definition) is 3. The molecule has 1 aromatic heterocycles. The summed E-state index contributed by atoms with van der Waals surface area (Å²) in [5, 5.41) is 11.6. The molecule has 31 heavy (non-hydrogen) atoms. The van der Waals surface area contributed by atoms with Crippen molar-refractivity contribution in [1.82, 2.24) is 4.98 Å². The molecule has 4 nitrogen and oxygen atoms in total. The van der Waals surface area contributed by atoms with E-state index >= 15 is 0 Å². The molecule has 0 aliphatic heterocycles. The van der Waals surface area contributed by atoms with Crippen molar-refractivity contribution >= 4 is 50.0 Å². The molecule has 1 N–H and O–H groups in total. The molecule has 0 radical (unpaired) electrons. The number of aryl methyl sites for hydroxylation is 1. The van der Waals surface area contributed by atoms with Crippen LogP contribution in [0.2, 0.25) is 10.0 Å². The second kappa shape index (κ2) is 8.24. The number of H-pyrrole nitrogens is 1. The van der Waals surface area contributed by atoms with Gasteiger partial charge in [-0.15, -0.1) is 0 Å². The fourth-order valence-electron chi connectivity index (χ4n) is 3.42. The van der Waals surface area contributed by atoms with Gasteiger partial charge in [0.1, 0.15) is 11.0 Å². The average Bonchev–Trinajstić information content (AvgIpc) is 3.12. The summed E-state index contributed by atoms with van der Waals surface area (Å²) in [6, 6.07) is 20.6. The van der Waals surface area contributed by atoms with Crippen LogP contribution in [0.4, 0.5) is 0 Å². The Kier molecular flexibility index (Phi) is 5.63. The van der Waals surface area contributed by atoms with Crippen LogP contribution in [0.25, 0.3) is 28.2 Å². The molecule has 154 valence electrons. The number of sulfone groups is 1. The van der Waals surface area contributed by atoms with Crippen molar-refractivity contribution in [3.63, 3.8) is 0 Å². The summed E-state index contributed by atoms with van der Waals surface area (Å²) >= 11 is 11.9. The second-order valence-electron chi connectivity index (χ2n) is 7.00. The summed E-state index contributed by atoms with van der Waals surface area (Å²) in [5.74, 6) is 0. The molecule has 0 unspecified atom stereocenters. The number of nitriles is 1. The van der Waals surface area contributed by atoms with Gasteiger partial charge in [-0.05, 0) is 60.5 Å². The van der Waals surface area contributed by atoms with Crippen LogP contribution in [0.3, 0.4) is 0 Å². The molecule has 0 aliphatic carbocycles. The van der Waals surface area contributed by atoms with E-state index in [2.05, 4.69) is 4.98 Å². The van der Waals surface area contributed by atoms with E-state index in [1.165, 1.54) is 30.3 Å². The molecule has 0 fully saturated rings. The summed E-state index contributed by atoms with van der Waals surface area (Å²) in [6.07, 6.45) is 1.42. The molecule has 0 bridgehead atoms. The summed E-state index contributed by atoms with van der Waals surface area (Å²) in [7, 11) is -4.02. The lowest BCUT2D eigenvalue weighted by Crippen LogP contribution is -2.03. The number of nitrogens with zero attached hydrogens (tertiary/aromatic N) is 1. The molecular formula is C24H16Cl2N2O2S. The van der Waals surface area contributed by atoms with Crippen LogP contribution in [0, 0.1) is 18.3 Å². The van der Waals surface area contributed by atoms with Crippen molar-refractivity contribution in [3.05, 3.63) is 92.8 Å². The number of hydrogen-bond donors (Lipinski definition) is 1. The zero-order chi connectivity index (χ0) is 22.2. The largest absolute Gasteiger partial charge is 0.354 e. The highest BCUT2D eigenvalue weighted by molar-refractivity contribution is 7.95. The topological polar surface area (TPSA) is 73.7 Å². The Morgan fingerprint density at radius 3 is 2.19 bits per heavy atom. The molecule has 0 saturated carbocycles. The van der Waals surface area contributed by atoms with Gasteiger partial charge in [0, 0.05) is 26.5 Å². The van der Waals surface area contributed by atoms with Gasteiger partial charge in [0.2, 0.25) is 9.84 Å². The van der Waals surface area contributed by atoms with Gasteiger partial charge in [0.25, 0.3) is 0 Å². The number of aromatic amines is 1. The number of allylic oxidation sites excluding steroid dienone is 1. The summed E-state index contributed by atoms with van der Waals surface area (Å²) in [5.41, 5.74) is 4.04. The molecule has 3 aromatic carbocycles. The summed E-state index contributed by atoms with van der Waals surface area (Å²) in [6.45, 7) is 1.97. The highest BCUT2D eigenvalue weighted by Gasteiger charge is 2.23. The van der Waals surface area contributed by atoms with E-state index in [9.17, 15) is 13.7 Å². The van der Waals surface area contributed by atoms with Gasteiger partial charge in [0.15, 0.2) is 0 Å². The molecule has 0 spiro atoms. The number of nitrogens with one attached hydrogen (secondary N) is 1. The molecule has 4 aromatic rings. The Balaban J connectivity index is 1.97. The van der Waals surface area contributed by atoms with Gasteiger partial charge in [-0.1, -0.05) is 53.5 Å². The number of aromatic nitrogens is 1. The van der Waals surface area contributed by atoms with Crippen molar-refractivity contribution in [3.8, 4) is 17.3 Å². The summed E-state index contributed by atoms with van der Waals surface area (Å²) < 4.78 is 26.3. The molecule has 1 heterocycles. The molecule has 0 atom stereocenters. The van der Waals surface area contributed by atoms with Crippen LogP contribution in [0.15, 0.2) is 76.5 Å². The second-order valence-corrected chi connectivity index (χ2v) is 9.79. The first-order valence-electron chi connectivity index (χ1n) is 9.31. The first kappa shape index (κ1) is 21.2. The number of rotatable bonds is 4. The summed E-state index contributed by atoms with van der Waals surface area (Å²) in [4.78, 5) is 3.04. The highest BCUT2D eigenvalue weighted by atomic mass is 35.5. The van der Waals surface area contributed by atoms with Crippen molar-refractivity contribution in [2.24, 2.45) is 0 Å². The third-order valence-electron chi connectivity index (χ3n) is 5.01. The van der Waals surface area contributed by atoms with E-state index in [1.807, 2.05) is 43.3 Å². The van der Waals surface area contributed by atoms with Crippen molar-refractivity contribution < 1.29 is 8.42 Å². The van der Waals surface area contributed by atoms with Crippen molar-refractivity contribution in [2.45, 2.75) is 11.8 Å². The lowest BCUT2D eigenvalue weighted by Gasteiger charge is -2.05. The van der Waals surface area contributed by atoms with Gasteiger partial charge < -0.3 is 4.98 Å². The number of benzene rings is 3. The fourth-order valence-corrected chi connectivity index (χ4v) is 4.81. The first-order chi connectivity index (χ1) is 14.8. The number of fused-ring (bicyclic) bond motifs is 1. The van der Waals surface area contributed by atoms with Gasteiger partial charge in [-0.2, -0.15) is 5.26 Å². The monoisotopic (exact) mass is 466 g/mol. The molecular weight excluding hydrogens is 451 g/mol. The average molecular weight is 467 g/mol. The molecule has 7 heteroatoms. The highest BCUT2D eigenvalue weighted by Crippen LogP contribution is 2.35. The smallest absolute Gasteiger partial charge is 0.216 e. The SMILES string of the molecule is Cc1cccc2c(/C=C(/C#N)S(=O)(=O)c3ccc(Cl)cc3)c(-c3ccc(Cl)cc3)[nH]c12. The molecule has 0 saturated heterocycles. The van der Waals surface area contributed by atoms with E-state index in [-0.39, 0.29) is 9.80 Å². The molecule has 0 amide bonds. The predicted molar refractivity (Wildman–Crippen MR) is 126 cm³/mol. The Bertz CT molecular complexity index is 1460. The Hall–Kier alpha value is -3.04. The minimum atomic E-state index is -4.02. The quantitative estimate of drug-likeness (QED) is 0.336. The fraction of sp³-hybridized carbons (Fsp3) is 0.0417. The Labute approximate surface area is 190 Å². The lowest BCUT2D eigenvalue weighted by atomic mass is 10.0. The minimum Gasteiger partial charge on any atom is -0.354 e.